The van der Waals surface area contributed by atoms with Crippen LogP contribution in [-0.2, 0) is 0 Å². The molecule has 1 N–H and O–H groups in total. The first kappa shape index (κ1) is 12.3. The van der Waals surface area contributed by atoms with Crippen molar-refractivity contribution in [3.8, 4) is 0 Å². The summed E-state index contributed by atoms with van der Waals surface area (Å²) in [5.41, 5.74) is -0.292. The molecule has 0 aliphatic carbocycles. The summed E-state index contributed by atoms with van der Waals surface area (Å²) in [6.45, 7) is 0. The summed E-state index contributed by atoms with van der Waals surface area (Å²) in [4.78, 5) is 19.9. The van der Waals surface area contributed by atoms with Crippen molar-refractivity contribution in [3.63, 3.8) is 0 Å². The number of benzene rings is 1. The summed E-state index contributed by atoms with van der Waals surface area (Å²) < 4.78 is 0. The number of nitro groups is 1. The third-order valence-corrected chi connectivity index (χ3v) is 1.30. The number of aromatic carboxylic acids is 1. The van der Waals surface area contributed by atoms with Crippen molar-refractivity contribution < 1.29 is 14.8 Å². The van der Waals surface area contributed by atoms with Crippen LogP contribution in [0.25, 0.3) is 0 Å². The molecule has 1 aromatic carbocycles. The predicted molar refractivity (Wildman–Crippen MR) is 45.8 cm³/mol. The summed E-state index contributed by atoms with van der Waals surface area (Å²) in [6.07, 6.45) is 0. The van der Waals surface area contributed by atoms with Crippen molar-refractivity contribution >= 4 is 49.4 Å². The maximum absolute atomic E-state index is 10.4. The fourth-order valence-electron chi connectivity index (χ4n) is 0.753. The normalized spacial score (nSPS) is 8.62. The van der Waals surface area contributed by atoms with Gasteiger partial charge in [0.25, 0.3) is 5.69 Å². The second-order valence-corrected chi connectivity index (χ2v) is 2.11. The molecule has 1 aromatic rings. The molecule has 0 atom stereocenters. The van der Waals surface area contributed by atoms with Crippen molar-refractivity contribution in [3.05, 3.63) is 39.9 Å². The Labute approximate surface area is 104 Å². The smallest absolute Gasteiger partial charge is 0.335 e. The molecular weight excluding hydrogens is 202 g/mol. The van der Waals surface area contributed by atoms with Gasteiger partial charge in [-0.25, -0.2) is 4.79 Å². The fraction of sp³-hybridized carbons (Fsp3) is 0. The third-order valence-electron chi connectivity index (χ3n) is 1.30. The number of nitro benzene ring substituents is 1. The number of carboxylic acid groups (broad SMARTS) is 1. The number of rotatable bonds is 2. The van der Waals surface area contributed by atoms with Gasteiger partial charge in [0.15, 0.2) is 0 Å². The van der Waals surface area contributed by atoms with Gasteiger partial charge in [-0.1, -0.05) is 6.07 Å². The summed E-state index contributed by atoms with van der Waals surface area (Å²) in [6, 6.07) is 4.89. The zero-order valence-electron chi connectivity index (χ0n) is 6.64. The number of non-ortho nitro benzene ring substituents is 1. The third kappa shape index (κ3) is 3.30. The van der Waals surface area contributed by atoms with Crippen molar-refractivity contribution in [2.75, 3.05) is 0 Å². The quantitative estimate of drug-likeness (QED) is 0.444. The van der Waals surface area contributed by atoms with E-state index in [4.69, 9.17) is 5.11 Å². The van der Waals surface area contributed by atoms with E-state index >= 15 is 0 Å². The van der Waals surface area contributed by atoms with Gasteiger partial charge in [0.2, 0.25) is 0 Å². The maximum atomic E-state index is 10.4. The largest absolute Gasteiger partial charge is 0.478 e. The van der Waals surface area contributed by atoms with Crippen molar-refractivity contribution in [1.29, 1.82) is 0 Å². The van der Waals surface area contributed by atoms with Gasteiger partial charge < -0.3 is 5.11 Å². The van der Waals surface area contributed by atoms with E-state index in [0.717, 1.165) is 6.07 Å². The molecule has 1 rings (SSSR count). The van der Waals surface area contributed by atoms with E-state index in [1.54, 1.807) is 0 Å². The van der Waals surface area contributed by atoms with E-state index in [-0.39, 0.29) is 49.0 Å². The van der Waals surface area contributed by atoms with E-state index < -0.39 is 10.9 Å². The van der Waals surface area contributed by atoms with Crippen LogP contribution >= 0.6 is 0 Å². The number of hydrogen-bond donors (Lipinski definition) is 1. The Morgan fingerprint density at radius 3 is 2.54 bits per heavy atom. The Balaban J connectivity index is 0.00000144. The molecule has 0 saturated heterocycles. The molecule has 0 saturated carbocycles. The van der Waals surface area contributed by atoms with Crippen LogP contribution in [-0.4, -0.2) is 53.7 Å². The van der Waals surface area contributed by atoms with Crippen LogP contribution in [0.4, 0.5) is 5.69 Å². The first-order valence-corrected chi connectivity index (χ1v) is 3.09. The Kier molecular flexibility index (Phi) is 4.90. The molecular formula is C7H5CaNO4. The van der Waals surface area contributed by atoms with E-state index in [0.29, 0.717) is 0 Å². The molecule has 0 aliphatic heterocycles. The Bertz CT molecular complexity index is 310. The van der Waals surface area contributed by atoms with Gasteiger partial charge >= 0.3 is 5.97 Å². The van der Waals surface area contributed by atoms with Crippen LogP contribution in [0.5, 0.6) is 0 Å². The summed E-state index contributed by atoms with van der Waals surface area (Å²) in [5.74, 6) is -1.17. The van der Waals surface area contributed by atoms with Gasteiger partial charge in [0.1, 0.15) is 0 Å². The van der Waals surface area contributed by atoms with Crippen LogP contribution in [0, 0.1) is 10.1 Å². The molecule has 0 fully saturated rings. The molecule has 0 aromatic heterocycles. The summed E-state index contributed by atoms with van der Waals surface area (Å²) in [7, 11) is 0. The van der Waals surface area contributed by atoms with Crippen molar-refractivity contribution in [2.24, 2.45) is 0 Å². The number of carbonyl (C=O) groups is 1. The number of nitrogens with zero attached hydrogens (tertiary/aromatic N) is 1. The van der Waals surface area contributed by atoms with E-state index in [2.05, 4.69) is 0 Å². The van der Waals surface area contributed by atoms with E-state index in [1.165, 1.54) is 18.2 Å². The van der Waals surface area contributed by atoms with E-state index in [1.807, 2.05) is 0 Å². The molecule has 0 amide bonds. The monoisotopic (exact) mass is 207 g/mol. The predicted octanol–water partition coefficient (Wildman–Crippen LogP) is 0.912. The van der Waals surface area contributed by atoms with Gasteiger partial charge in [-0.15, -0.1) is 0 Å². The fourth-order valence-corrected chi connectivity index (χ4v) is 0.753. The van der Waals surface area contributed by atoms with Gasteiger partial charge in [-0.3, -0.25) is 10.1 Å². The van der Waals surface area contributed by atoms with Crippen molar-refractivity contribution in [1.82, 2.24) is 0 Å². The van der Waals surface area contributed by atoms with E-state index in [9.17, 15) is 14.9 Å². The SMILES string of the molecule is O=C(O)c1cccc([N+](=O)[O-])c1.[Ca]. The van der Waals surface area contributed by atoms with Gasteiger partial charge in [0, 0.05) is 49.9 Å². The Hall–Kier alpha value is -0.650. The van der Waals surface area contributed by atoms with Gasteiger partial charge in [0.05, 0.1) is 10.5 Å². The molecule has 0 unspecified atom stereocenters. The minimum atomic E-state index is -1.17. The second-order valence-electron chi connectivity index (χ2n) is 2.11. The van der Waals surface area contributed by atoms with Crippen LogP contribution < -0.4 is 0 Å². The first-order valence-electron chi connectivity index (χ1n) is 3.09. The van der Waals surface area contributed by atoms with Gasteiger partial charge in [-0.05, 0) is 6.07 Å². The molecule has 64 valence electrons. The topological polar surface area (TPSA) is 80.4 Å². The Morgan fingerprint density at radius 2 is 2.08 bits per heavy atom. The number of carboxylic acids is 1. The molecule has 0 aliphatic rings. The van der Waals surface area contributed by atoms with Crippen molar-refractivity contribution in [2.45, 2.75) is 0 Å². The summed E-state index contributed by atoms with van der Waals surface area (Å²) >= 11 is 0. The number of hydrogen-bond acceptors (Lipinski definition) is 3. The maximum Gasteiger partial charge on any atom is 0.335 e. The zero-order chi connectivity index (χ0) is 9.14. The standard InChI is InChI=1S/C7H5NO4.Ca/c9-7(10)5-2-1-3-6(4-5)8(11)12;/h1-4H,(H,9,10);. The molecule has 0 heterocycles. The van der Waals surface area contributed by atoms with Crippen LogP contribution in [0.3, 0.4) is 0 Å². The molecule has 0 spiro atoms. The molecule has 5 nitrogen and oxygen atoms in total. The van der Waals surface area contributed by atoms with Crippen LogP contribution in [0.15, 0.2) is 24.3 Å². The molecule has 13 heavy (non-hydrogen) atoms. The van der Waals surface area contributed by atoms with Crippen LogP contribution in [0.2, 0.25) is 0 Å². The average molecular weight is 207 g/mol. The minimum absolute atomic E-state index is 0. The Morgan fingerprint density at radius 1 is 1.46 bits per heavy atom. The second kappa shape index (κ2) is 5.16. The molecule has 0 bridgehead atoms. The molecule has 2 radical (unpaired) electrons. The first-order chi connectivity index (χ1) is 5.61. The van der Waals surface area contributed by atoms with Gasteiger partial charge in [-0.2, -0.15) is 0 Å². The van der Waals surface area contributed by atoms with Crippen LogP contribution in [0.1, 0.15) is 10.4 Å². The summed E-state index contributed by atoms with van der Waals surface area (Å²) in [5, 5.41) is 18.7. The zero-order valence-corrected chi connectivity index (χ0v) is 8.84. The molecule has 6 heteroatoms. The minimum Gasteiger partial charge on any atom is -0.478 e. The average Bonchev–Trinajstić information content (AvgIpc) is 2.04.